The molecule has 7 nitrogen and oxygen atoms in total. The fraction of sp³-hybridized carbons (Fsp3) is 0.786. The highest BCUT2D eigenvalue weighted by Crippen LogP contribution is 2.19. The normalized spacial score (nSPS) is 15.5. The van der Waals surface area contributed by atoms with Gasteiger partial charge in [-0.3, -0.25) is 4.99 Å². The van der Waals surface area contributed by atoms with Crippen LogP contribution >= 0.6 is 35.5 Å². The molecule has 0 saturated carbocycles. The Kier molecular flexibility index (Phi) is 9.72. The SMILES string of the molecule is CCc1nsc(N2CCN(C(=NC)NCCCOC)CC2)n1.I. The molecule has 0 aromatic carbocycles. The molecule has 1 aliphatic rings. The van der Waals surface area contributed by atoms with Gasteiger partial charge >= 0.3 is 0 Å². The van der Waals surface area contributed by atoms with E-state index in [9.17, 15) is 0 Å². The van der Waals surface area contributed by atoms with Crippen LogP contribution in [-0.4, -0.2) is 73.7 Å². The van der Waals surface area contributed by atoms with Crippen LogP contribution in [0.25, 0.3) is 0 Å². The van der Waals surface area contributed by atoms with Crippen molar-refractivity contribution < 1.29 is 4.74 Å². The van der Waals surface area contributed by atoms with Gasteiger partial charge in [-0.05, 0) is 6.42 Å². The van der Waals surface area contributed by atoms with Gasteiger partial charge in [0, 0.05) is 71.4 Å². The van der Waals surface area contributed by atoms with Crippen LogP contribution in [0, 0.1) is 0 Å². The lowest BCUT2D eigenvalue weighted by Gasteiger charge is -2.36. The van der Waals surface area contributed by atoms with Crippen LogP contribution in [0.2, 0.25) is 0 Å². The van der Waals surface area contributed by atoms with Crippen LogP contribution < -0.4 is 10.2 Å². The fourth-order valence-electron chi connectivity index (χ4n) is 2.38. The van der Waals surface area contributed by atoms with Gasteiger partial charge < -0.3 is 19.9 Å². The molecule has 0 aliphatic carbocycles. The number of hydrogen-bond donors (Lipinski definition) is 1. The van der Waals surface area contributed by atoms with Crippen LogP contribution in [0.5, 0.6) is 0 Å². The number of piperazine rings is 1. The van der Waals surface area contributed by atoms with Crippen molar-refractivity contribution in [1.29, 1.82) is 0 Å². The van der Waals surface area contributed by atoms with Crippen molar-refractivity contribution in [3.05, 3.63) is 5.82 Å². The Morgan fingerprint density at radius 3 is 2.65 bits per heavy atom. The molecule has 1 aromatic rings. The van der Waals surface area contributed by atoms with Gasteiger partial charge in [-0.2, -0.15) is 4.37 Å². The van der Waals surface area contributed by atoms with E-state index in [0.29, 0.717) is 0 Å². The highest BCUT2D eigenvalue weighted by Gasteiger charge is 2.21. The maximum Gasteiger partial charge on any atom is 0.205 e. The number of guanidine groups is 1. The molecule has 1 N–H and O–H groups in total. The molecule has 2 heterocycles. The number of rotatable bonds is 6. The van der Waals surface area contributed by atoms with E-state index >= 15 is 0 Å². The number of anilines is 1. The fourth-order valence-corrected chi connectivity index (χ4v) is 3.18. The number of aliphatic imine (C=N–C) groups is 1. The summed E-state index contributed by atoms with van der Waals surface area (Å²) in [7, 11) is 3.56. The zero-order chi connectivity index (χ0) is 15.8. The summed E-state index contributed by atoms with van der Waals surface area (Å²) in [5, 5.41) is 4.44. The number of hydrogen-bond acceptors (Lipinski definition) is 6. The Balaban J connectivity index is 0.00000264. The average molecular weight is 454 g/mol. The summed E-state index contributed by atoms with van der Waals surface area (Å²) >= 11 is 1.50. The Morgan fingerprint density at radius 2 is 2.09 bits per heavy atom. The molecule has 0 bridgehead atoms. The number of aryl methyl sites for hydroxylation is 1. The molecule has 1 fully saturated rings. The highest BCUT2D eigenvalue weighted by atomic mass is 127. The van der Waals surface area contributed by atoms with E-state index in [1.165, 1.54) is 11.5 Å². The van der Waals surface area contributed by atoms with Crippen molar-refractivity contribution in [3.63, 3.8) is 0 Å². The topological polar surface area (TPSA) is 65.9 Å². The first-order chi connectivity index (χ1) is 10.8. The van der Waals surface area contributed by atoms with Crippen LogP contribution in [0.4, 0.5) is 5.13 Å². The van der Waals surface area contributed by atoms with E-state index in [4.69, 9.17) is 4.74 Å². The minimum atomic E-state index is 0. The number of ether oxygens (including phenoxy) is 1. The molecule has 0 radical (unpaired) electrons. The van der Waals surface area contributed by atoms with Crippen molar-refractivity contribution in [1.82, 2.24) is 19.6 Å². The van der Waals surface area contributed by atoms with Crippen LogP contribution in [0.1, 0.15) is 19.2 Å². The molecule has 2 rings (SSSR count). The first kappa shape index (κ1) is 20.4. The zero-order valence-corrected chi connectivity index (χ0v) is 17.3. The Morgan fingerprint density at radius 1 is 1.35 bits per heavy atom. The quantitative estimate of drug-likeness (QED) is 0.304. The van der Waals surface area contributed by atoms with Crippen LogP contribution in [-0.2, 0) is 11.2 Å². The average Bonchev–Trinajstić information content (AvgIpc) is 3.04. The molecule has 9 heteroatoms. The van der Waals surface area contributed by atoms with Crippen molar-refractivity contribution in [2.24, 2.45) is 4.99 Å². The molecular formula is C14H27IN6OS. The zero-order valence-electron chi connectivity index (χ0n) is 14.1. The summed E-state index contributed by atoms with van der Waals surface area (Å²) in [6.45, 7) is 7.55. The number of nitrogens with one attached hydrogen (secondary N) is 1. The monoisotopic (exact) mass is 454 g/mol. The summed E-state index contributed by atoms with van der Waals surface area (Å²) in [4.78, 5) is 13.5. The number of nitrogens with zero attached hydrogens (tertiary/aromatic N) is 5. The summed E-state index contributed by atoms with van der Waals surface area (Å²) in [6.07, 6.45) is 1.88. The van der Waals surface area contributed by atoms with Crippen LogP contribution in [0.15, 0.2) is 4.99 Å². The maximum atomic E-state index is 5.07. The van der Waals surface area contributed by atoms with Gasteiger partial charge in [0.15, 0.2) is 5.96 Å². The second-order valence-corrected chi connectivity index (χ2v) is 5.87. The van der Waals surface area contributed by atoms with Crippen molar-refractivity contribution in [2.75, 3.05) is 58.4 Å². The summed E-state index contributed by atoms with van der Waals surface area (Å²) in [6, 6.07) is 0. The van der Waals surface area contributed by atoms with Gasteiger partial charge in [-0.15, -0.1) is 24.0 Å². The summed E-state index contributed by atoms with van der Waals surface area (Å²) < 4.78 is 9.43. The van der Waals surface area contributed by atoms with Gasteiger partial charge in [0.2, 0.25) is 5.13 Å². The predicted octanol–water partition coefficient (Wildman–Crippen LogP) is 1.45. The third-order valence-electron chi connectivity index (χ3n) is 3.64. The van der Waals surface area contributed by atoms with E-state index in [0.717, 1.165) is 69.1 Å². The largest absolute Gasteiger partial charge is 0.385 e. The lowest BCUT2D eigenvalue weighted by molar-refractivity contribution is 0.195. The Labute approximate surface area is 159 Å². The second-order valence-electron chi connectivity index (χ2n) is 5.14. The first-order valence-electron chi connectivity index (χ1n) is 7.80. The van der Waals surface area contributed by atoms with E-state index in [2.05, 4.69) is 36.4 Å². The lowest BCUT2D eigenvalue weighted by Crippen LogP contribution is -2.52. The second kappa shape index (κ2) is 11.0. The maximum absolute atomic E-state index is 5.07. The third kappa shape index (κ3) is 6.03. The van der Waals surface area contributed by atoms with Gasteiger partial charge in [0.1, 0.15) is 5.82 Å². The van der Waals surface area contributed by atoms with Crippen LogP contribution in [0.3, 0.4) is 0 Å². The highest BCUT2D eigenvalue weighted by molar-refractivity contribution is 14.0. The minimum Gasteiger partial charge on any atom is -0.385 e. The summed E-state index contributed by atoms with van der Waals surface area (Å²) in [5.74, 6) is 1.92. The smallest absolute Gasteiger partial charge is 0.205 e. The minimum absolute atomic E-state index is 0. The molecule has 0 amide bonds. The van der Waals surface area contributed by atoms with Crippen molar-refractivity contribution >= 4 is 46.6 Å². The van der Waals surface area contributed by atoms with Gasteiger partial charge in [0.25, 0.3) is 0 Å². The molecule has 0 unspecified atom stereocenters. The van der Waals surface area contributed by atoms with E-state index in [1.807, 2.05) is 7.05 Å². The van der Waals surface area contributed by atoms with Crippen molar-refractivity contribution in [3.8, 4) is 0 Å². The van der Waals surface area contributed by atoms with Gasteiger partial charge in [-0.1, -0.05) is 6.92 Å². The third-order valence-corrected chi connectivity index (χ3v) is 4.46. The lowest BCUT2D eigenvalue weighted by atomic mass is 10.3. The Hall–Kier alpha value is -0.680. The van der Waals surface area contributed by atoms with E-state index in [1.54, 1.807) is 7.11 Å². The Bertz CT molecular complexity index is 476. The molecule has 132 valence electrons. The molecule has 1 saturated heterocycles. The molecular weight excluding hydrogens is 427 g/mol. The summed E-state index contributed by atoms with van der Waals surface area (Å²) in [5.41, 5.74) is 0. The van der Waals surface area contributed by atoms with Gasteiger partial charge in [-0.25, -0.2) is 4.98 Å². The van der Waals surface area contributed by atoms with Crippen molar-refractivity contribution in [2.45, 2.75) is 19.8 Å². The standard InChI is InChI=1S/C14H26N6OS.HI/c1-4-12-17-14(22-18-12)20-9-7-19(8-10-20)13(15-2)16-6-5-11-21-3;/h4-11H2,1-3H3,(H,15,16);1H. The molecule has 0 atom stereocenters. The number of halogens is 1. The molecule has 1 aliphatic heterocycles. The predicted molar refractivity (Wildman–Crippen MR) is 106 cm³/mol. The number of methoxy groups -OCH3 is 1. The number of aromatic nitrogens is 2. The first-order valence-corrected chi connectivity index (χ1v) is 8.57. The molecule has 23 heavy (non-hydrogen) atoms. The molecule has 1 aromatic heterocycles. The van der Waals surface area contributed by atoms with Gasteiger partial charge in [0.05, 0.1) is 0 Å². The molecule has 0 spiro atoms. The van der Waals surface area contributed by atoms with E-state index < -0.39 is 0 Å². The van der Waals surface area contributed by atoms with E-state index in [-0.39, 0.29) is 24.0 Å².